The van der Waals surface area contributed by atoms with Crippen molar-refractivity contribution < 1.29 is 0 Å². The van der Waals surface area contributed by atoms with E-state index in [-0.39, 0.29) is 6.04 Å². The second-order valence-corrected chi connectivity index (χ2v) is 11.3. The number of hydrogen-bond donors (Lipinski definition) is 1. The van der Waals surface area contributed by atoms with Crippen LogP contribution >= 0.6 is 0 Å². The Hall–Kier alpha value is -5.67. The molecule has 1 atom stereocenters. The zero-order valence-corrected chi connectivity index (χ0v) is 23.4. The van der Waals surface area contributed by atoms with E-state index in [2.05, 4.69) is 155 Å². The number of aromatic nitrogens is 1. The summed E-state index contributed by atoms with van der Waals surface area (Å²) in [5, 5.41) is 11.2. The predicted molar refractivity (Wildman–Crippen MR) is 182 cm³/mol. The maximum atomic E-state index is 5.01. The van der Waals surface area contributed by atoms with Gasteiger partial charge in [-0.25, -0.2) is 0 Å². The maximum Gasteiger partial charge on any atom is 0.0943 e. The first kappa shape index (κ1) is 24.0. The lowest BCUT2D eigenvalue weighted by Crippen LogP contribution is -2.15. The molecule has 0 radical (unpaired) electrons. The third kappa shape index (κ3) is 3.72. The van der Waals surface area contributed by atoms with Crippen molar-refractivity contribution in [1.29, 1.82) is 0 Å². The molecular formula is C40H27N3. The first-order valence-electron chi connectivity index (χ1n) is 14.8. The minimum absolute atomic E-state index is 0.00236. The lowest BCUT2D eigenvalue weighted by Gasteiger charge is -2.25. The molecule has 0 saturated heterocycles. The van der Waals surface area contributed by atoms with Crippen molar-refractivity contribution in [3.63, 3.8) is 0 Å². The number of para-hydroxylation sites is 2. The van der Waals surface area contributed by atoms with Crippen LogP contribution in [0.1, 0.15) is 11.6 Å². The Morgan fingerprint density at radius 1 is 0.488 bits per heavy atom. The lowest BCUT2D eigenvalue weighted by atomic mass is 9.95. The van der Waals surface area contributed by atoms with Gasteiger partial charge in [0.05, 0.1) is 28.5 Å². The Kier molecular flexibility index (Phi) is 5.26. The molecule has 0 fully saturated rings. The van der Waals surface area contributed by atoms with Crippen LogP contribution in [-0.2, 0) is 0 Å². The summed E-state index contributed by atoms with van der Waals surface area (Å²) in [5.74, 6) is 0. The first-order valence-corrected chi connectivity index (χ1v) is 14.8. The normalized spacial score (nSPS) is 14.4. The Balaban J connectivity index is 1.09. The SMILES string of the molecule is C1=Nc2c(c3ccccc3c3ccccc23)NC1c1ccc(-c2ccc3c(c2)c2ccccc2n3-c2ccccc2)cc1. The highest BCUT2D eigenvalue weighted by Crippen LogP contribution is 2.45. The highest BCUT2D eigenvalue weighted by molar-refractivity contribution is 6.20. The van der Waals surface area contributed by atoms with Crippen LogP contribution in [0.15, 0.2) is 151 Å². The first-order chi connectivity index (χ1) is 21.3. The summed E-state index contributed by atoms with van der Waals surface area (Å²) in [5.41, 5.74) is 9.34. The van der Waals surface area contributed by atoms with Gasteiger partial charge in [0.1, 0.15) is 0 Å². The number of fused-ring (bicyclic) bond motifs is 9. The van der Waals surface area contributed by atoms with Gasteiger partial charge in [-0.15, -0.1) is 0 Å². The molecule has 1 aliphatic rings. The quantitative estimate of drug-likeness (QED) is 0.218. The van der Waals surface area contributed by atoms with Crippen molar-refractivity contribution in [2.24, 2.45) is 4.99 Å². The summed E-state index contributed by atoms with van der Waals surface area (Å²) in [7, 11) is 0. The van der Waals surface area contributed by atoms with Gasteiger partial charge in [-0.2, -0.15) is 0 Å². The van der Waals surface area contributed by atoms with E-state index in [4.69, 9.17) is 4.99 Å². The van der Waals surface area contributed by atoms with Gasteiger partial charge in [-0.05, 0) is 57.8 Å². The van der Waals surface area contributed by atoms with Crippen molar-refractivity contribution in [2.75, 3.05) is 5.32 Å². The highest BCUT2D eigenvalue weighted by Gasteiger charge is 2.21. The Labute approximate surface area is 249 Å². The van der Waals surface area contributed by atoms with Crippen LogP contribution in [0.4, 0.5) is 11.4 Å². The second-order valence-electron chi connectivity index (χ2n) is 11.3. The second kappa shape index (κ2) is 9.43. The summed E-state index contributed by atoms with van der Waals surface area (Å²) >= 11 is 0. The van der Waals surface area contributed by atoms with Crippen LogP contribution in [0.3, 0.4) is 0 Å². The van der Waals surface area contributed by atoms with Crippen LogP contribution in [0, 0.1) is 0 Å². The van der Waals surface area contributed by atoms with E-state index in [1.54, 1.807) is 0 Å². The molecule has 1 aromatic heterocycles. The van der Waals surface area contributed by atoms with Crippen molar-refractivity contribution in [2.45, 2.75) is 6.04 Å². The summed E-state index contributed by atoms with van der Waals surface area (Å²) < 4.78 is 2.36. The summed E-state index contributed by atoms with van der Waals surface area (Å²) in [4.78, 5) is 5.01. The predicted octanol–water partition coefficient (Wildman–Crippen LogP) is 10.6. The van der Waals surface area contributed by atoms with E-state index >= 15 is 0 Å². The highest BCUT2D eigenvalue weighted by atomic mass is 15.0. The van der Waals surface area contributed by atoms with Gasteiger partial charge < -0.3 is 9.88 Å². The van der Waals surface area contributed by atoms with E-state index in [1.807, 2.05) is 6.21 Å². The zero-order chi connectivity index (χ0) is 28.3. The molecule has 43 heavy (non-hydrogen) atoms. The summed E-state index contributed by atoms with van der Waals surface area (Å²) in [6.45, 7) is 0. The molecule has 0 saturated carbocycles. The fourth-order valence-corrected chi connectivity index (χ4v) is 6.80. The molecule has 2 heterocycles. The van der Waals surface area contributed by atoms with Crippen molar-refractivity contribution in [3.8, 4) is 16.8 Å². The topological polar surface area (TPSA) is 29.3 Å². The number of hydrogen-bond acceptors (Lipinski definition) is 2. The van der Waals surface area contributed by atoms with Crippen LogP contribution in [0.2, 0.25) is 0 Å². The molecule has 0 bridgehead atoms. The molecule has 7 aromatic carbocycles. The van der Waals surface area contributed by atoms with Gasteiger partial charge in [-0.1, -0.05) is 115 Å². The molecule has 1 N–H and O–H groups in total. The Morgan fingerprint density at radius 3 is 1.88 bits per heavy atom. The van der Waals surface area contributed by atoms with E-state index < -0.39 is 0 Å². The molecule has 1 unspecified atom stereocenters. The van der Waals surface area contributed by atoms with Gasteiger partial charge in [-0.3, -0.25) is 4.99 Å². The fourth-order valence-electron chi connectivity index (χ4n) is 6.80. The van der Waals surface area contributed by atoms with E-state index in [1.165, 1.54) is 65.7 Å². The molecule has 8 aromatic rings. The van der Waals surface area contributed by atoms with Gasteiger partial charge in [0, 0.05) is 33.4 Å². The molecule has 9 rings (SSSR count). The number of aliphatic imine (C=N–C) groups is 1. The van der Waals surface area contributed by atoms with Gasteiger partial charge in [0.25, 0.3) is 0 Å². The average molecular weight is 550 g/mol. The Morgan fingerprint density at radius 2 is 1.09 bits per heavy atom. The average Bonchev–Trinajstić information content (AvgIpc) is 3.42. The van der Waals surface area contributed by atoms with E-state index in [9.17, 15) is 0 Å². The third-order valence-corrected chi connectivity index (χ3v) is 8.85. The maximum absolute atomic E-state index is 5.01. The third-order valence-electron chi connectivity index (χ3n) is 8.85. The molecule has 0 amide bonds. The van der Waals surface area contributed by atoms with Crippen molar-refractivity contribution >= 4 is 60.9 Å². The molecule has 3 nitrogen and oxygen atoms in total. The number of benzene rings is 7. The minimum atomic E-state index is -0.00236. The van der Waals surface area contributed by atoms with Crippen LogP contribution in [0.25, 0.3) is 60.2 Å². The monoisotopic (exact) mass is 549 g/mol. The van der Waals surface area contributed by atoms with Crippen molar-refractivity contribution in [1.82, 2.24) is 4.57 Å². The van der Waals surface area contributed by atoms with Crippen LogP contribution in [-0.4, -0.2) is 10.8 Å². The van der Waals surface area contributed by atoms with Gasteiger partial charge in [0.15, 0.2) is 0 Å². The fraction of sp³-hybridized carbons (Fsp3) is 0.0250. The molecular weight excluding hydrogens is 522 g/mol. The minimum Gasteiger partial charge on any atom is -0.371 e. The molecule has 202 valence electrons. The summed E-state index contributed by atoms with van der Waals surface area (Å²) in [6, 6.07) is 52.2. The van der Waals surface area contributed by atoms with Crippen molar-refractivity contribution in [3.05, 3.63) is 151 Å². The van der Waals surface area contributed by atoms with Crippen LogP contribution < -0.4 is 5.32 Å². The molecule has 3 heteroatoms. The number of rotatable bonds is 3. The smallest absolute Gasteiger partial charge is 0.0943 e. The zero-order valence-electron chi connectivity index (χ0n) is 23.4. The standard InChI is InChI=1S/C40H27N3/c1-2-10-29(11-3-1)43-37-17-9-8-14-32(37)35-24-28(22-23-38(35)43)26-18-20-27(21-19-26)36-25-41-39-33-15-6-4-12-30(33)31-13-5-7-16-34(31)40(39)42-36/h1-25,36,42H. The molecule has 0 aliphatic carbocycles. The van der Waals surface area contributed by atoms with Gasteiger partial charge in [0.2, 0.25) is 0 Å². The number of nitrogens with zero attached hydrogens (tertiary/aromatic N) is 2. The number of nitrogens with one attached hydrogen (secondary N) is 1. The van der Waals surface area contributed by atoms with Gasteiger partial charge >= 0.3 is 0 Å². The van der Waals surface area contributed by atoms with E-state index in [0.717, 1.165) is 11.4 Å². The lowest BCUT2D eigenvalue weighted by molar-refractivity contribution is 1.05. The molecule has 1 aliphatic heterocycles. The largest absolute Gasteiger partial charge is 0.371 e. The number of anilines is 1. The molecule has 0 spiro atoms. The van der Waals surface area contributed by atoms with Crippen LogP contribution in [0.5, 0.6) is 0 Å². The van der Waals surface area contributed by atoms with E-state index in [0.29, 0.717) is 0 Å². The Bertz CT molecular complexity index is 2360. The summed E-state index contributed by atoms with van der Waals surface area (Å²) in [6.07, 6.45) is 2.04.